The summed E-state index contributed by atoms with van der Waals surface area (Å²) in [5.74, 6) is 1.50. The second kappa shape index (κ2) is 9.57. The lowest BCUT2D eigenvalue weighted by atomic mass is 10.3. The van der Waals surface area contributed by atoms with E-state index in [4.69, 9.17) is 21.1 Å². The van der Waals surface area contributed by atoms with Gasteiger partial charge in [0.25, 0.3) is 5.91 Å². The zero-order valence-corrected chi connectivity index (χ0v) is 15.9. The van der Waals surface area contributed by atoms with Gasteiger partial charge < -0.3 is 20.1 Å². The Morgan fingerprint density at radius 2 is 1.89 bits per heavy atom. The van der Waals surface area contributed by atoms with Crippen LogP contribution in [-0.4, -0.2) is 36.1 Å². The molecule has 1 amide bonds. The topological polar surface area (TPSA) is 85.4 Å². The van der Waals surface area contributed by atoms with Gasteiger partial charge in [-0.05, 0) is 48.5 Å². The normalized spacial score (nSPS) is 10.2. The molecule has 0 unspecified atom stereocenters. The largest absolute Gasteiger partial charge is 0.497 e. The van der Waals surface area contributed by atoms with E-state index in [2.05, 4.69) is 20.6 Å². The summed E-state index contributed by atoms with van der Waals surface area (Å²) in [6.07, 6.45) is 1.52. The molecule has 3 rings (SSSR count). The predicted molar refractivity (Wildman–Crippen MR) is 108 cm³/mol. The van der Waals surface area contributed by atoms with Crippen LogP contribution in [0.15, 0.2) is 60.8 Å². The van der Waals surface area contributed by atoms with E-state index >= 15 is 0 Å². The number of carbonyl (C=O) groups excluding carboxylic acids is 1. The van der Waals surface area contributed by atoms with E-state index in [0.29, 0.717) is 29.8 Å². The van der Waals surface area contributed by atoms with Gasteiger partial charge in [-0.2, -0.15) is 0 Å². The van der Waals surface area contributed by atoms with Gasteiger partial charge >= 0.3 is 0 Å². The summed E-state index contributed by atoms with van der Waals surface area (Å²) < 4.78 is 10.7. The molecule has 8 heteroatoms. The van der Waals surface area contributed by atoms with Gasteiger partial charge in [0.15, 0.2) is 0 Å². The first kappa shape index (κ1) is 19.4. The SMILES string of the molecule is COc1ccc(OCCNc2nccc(C(=O)Nc3cccc(Cl)c3)n2)cc1. The Hall–Kier alpha value is -3.32. The third-order valence-corrected chi connectivity index (χ3v) is 3.92. The van der Waals surface area contributed by atoms with Crippen LogP contribution in [0.4, 0.5) is 11.6 Å². The molecule has 2 aromatic carbocycles. The Morgan fingerprint density at radius 3 is 2.64 bits per heavy atom. The molecule has 3 aromatic rings. The van der Waals surface area contributed by atoms with Crippen molar-refractivity contribution in [1.29, 1.82) is 0 Å². The second-order valence-corrected chi connectivity index (χ2v) is 6.12. The molecule has 144 valence electrons. The van der Waals surface area contributed by atoms with E-state index < -0.39 is 0 Å². The molecule has 0 aliphatic heterocycles. The second-order valence-electron chi connectivity index (χ2n) is 5.68. The van der Waals surface area contributed by atoms with E-state index in [0.717, 1.165) is 11.5 Å². The summed E-state index contributed by atoms with van der Waals surface area (Å²) in [7, 11) is 1.61. The molecule has 1 aromatic heterocycles. The van der Waals surface area contributed by atoms with E-state index in [9.17, 15) is 4.79 Å². The number of ether oxygens (including phenoxy) is 2. The van der Waals surface area contributed by atoms with Crippen LogP contribution in [-0.2, 0) is 0 Å². The number of anilines is 2. The van der Waals surface area contributed by atoms with Crippen LogP contribution in [0.3, 0.4) is 0 Å². The molecule has 1 heterocycles. The lowest BCUT2D eigenvalue weighted by Crippen LogP contribution is -2.17. The number of carbonyl (C=O) groups is 1. The van der Waals surface area contributed by atoms with Gasteiger partial charge in [0, 0.05) is 16.9 Å². The average Bonchev–Trinajstić information content (AvgIpc) is 2.72. The zero-order valence-electron chi connectivity index (χ0n) is 15.2. The van der Waals surface area contributed by atoms with Crippen LogP contribution >= 0.6 is 11.6 Å². The number of nitrogens with zero attached hydrogens (tertiary/aromatic N) is 2. The smallest absolute Gasteiger partial charge is 0.274 e. The molecule has 0 saturated carbocycles. The predicted octanol–water partition coefficient (Wildman–Crippen LogP) is 3.88. The van der Waals surface area contributed by atoms with Crippen LogP contribution in [0.2, 0.25) is 5.02 Å². The van der Waals surface area contributed by atoms with Crippen LogP contribution in [0.25, 0.3) is 0 Å². The van der Waals surface area contributed by atoms with Crippen molar-refractivity contribution in [1.82, 2.24) is 9.97 Å². The highest BCUT2D eigenvalue weighted by molar-refractivity contribution is 6.30. The molecular formula is C20H19ClN4O3. The minimum Gasteiger partial charge on any atom is -0.497 e. The molecule has 0 aliphatic rings. The molecule has 7 nitrogen and oxygen atoms in total. The number of halogens is 1. The van der Waals surface area contributed by atoms with Crippen molar-refractivity contribution in [3.05, 3.63) is 71.5 Å². The maximum Gasteiger partial charge on any atom is 0.274 e. The summed E-state index contributed by atoms with van der Waals surface area (Å²) in [6, 6.07) is 15.8. The monoisotopic (exact) mass is 398 g/mol. The highest BCUT2D eigenvalue weighted by Crippen LogP contribution is 2.17. The Balaban J connectivity index is 1.50. The van der Waals surface area contributed by atoms with E-state index in [1.54, 1.807) is 37.4 Å². The van der Waals surface area contributed by atoms with Crippen molar-refractivity contribution in [3.63, 3.8) is 0 Å². The third kappa shape index (κ3) is 5.59. The number of benzene rings is 2. The Morgan fingerprint density at radius 1 is 1.11 bits per heavy atom. The minimum absolute atomic E-state index is 0.244. The van der Waals surface area contributed by atoms with Gasteiger partial charge in [-0.15, -0.1) is 0 Å². The van der Waals surface area contributed by atoms with Gasteiger partial charge in [0.2, 0.25) is 5.95 Å². The molecular weight excluding hydrogens is 380 g/mol. The van der Waals surface area contributed by atoms with Crippen LogP contribution < -0.4 is 20.1 Å². The van der Waals surface area contributed by atoms with Crippen molar-refractivity contribution in [2.45, 2.75) is 0 Å². The first-order chi connectivity index (χ1) is 13.6. The Labute approximate surface area is 167 Å². The molecule has 0 fully saturated rings. The van der Waals surface area contributed by atoms with Crippen molar-refractivity contribution < 1.29 is 14.3 Å². The van der Waals surface area contributed by atoms with Crippen LogP contribution in [0.1, 0.15) is 10.5 Å². The van der Waals surface area contributed by atoms with Gasteiger partial charge in [-0.3, -0.25) is 4.79 Å². The Bertz CT molecular complexity index is 935. The maximum atomic E-state index is 12.3. The summed E-state index contributed by atoms with van der Waals surface area (Å²) >= 11 is 5.92. The summed E-state index contributed by atoms with van der Waals surface area (Å²) in [5.41, 5.74) is 0.840. The highest BCUT2D eigenvalue weighted by Gasteiger charge is 2.09. The molecule has 0 atom stereocenters. The van der Waals surface area contributed by atoms with Gasteiger partial charge in [-0.25, -0.2) is 9.97 Å². The van der Waals surface area contributed by atoms with E-state index in [1.165, 1.54) is 6.20 Å². The fourth-order valence-electron chi connectivity index (χ4n) is 2.34. The summed E-state index contributed by atoms with van der Waals surface area (Å²) in [6.45, 7) is 0.889. The standard InChI is InChI=1S/C20H19ClN4O3/c1-27-16-5-7-17(8-6-16)28-12-11-23-20-22-10-9-18(25-20)19(26)24-15-4-2-3-14(21)13-15/h2-10,13H,11-12H2,1H3,(H,24,26)(H,22,23,25). The third-order valence-electron chi connectivity index (χ3n) is 3.68. The van der Waals surface area contributed by atoms with Gasteiger partial charge in [0.1, 0.15) is 23.8 Å². The number of nitrogens with one attached hydrogen (secondary N) is 2. The fourth-order valence-corrected chi connectivity index (χ4v) is 2.53. The van der Waals surface area contributed by atoms with Crippen molar-refractivity contribution in [3.8, 4) is 11.5 Å². The minimum atomic E-state index is -0.345. The maximum absolute atomic E-state index is 12.3. The molecule has 0 bridgehead atoms. The molecule has 28 heavy (non-hydrogen) atoms. The fraction of sp³-hybridized carbons (Fsp3) is 0.150. The number of methoxy groups -OCH3 is 1. The number of aromatic nitrogens is 2. The molecule has 0 radical (unpaired) electrons. The van der Waals surface area contributed by atoms with Crippen molar-refractivity contribution in [2.24, 2.45) is 0 Å². The molecule has 0 aliphatic carbocycles. The van der Waals surface area contributed by atoms with Crippen LogP contribution in [0, 0.1) is 0 Å². The van der Waals surface area contributed by atoms with Gasteiger partial charge in [-0.1, -0.05) is 17.7 Å². The Kier molecular flexibility index (Phi) is 6.64. The van der Waals surface area contributed by atoms with Gasteiger partial charge in [0.05, 0.1) is 13.7 Å². The number of rotatable bonds is 8. The molecule has 0 saturated heterocycles. The number of hydrogen-bond donors (Lipinski definition) is 2. The number of amides is 1. The zero-order chi connectivity index (χ0) is 19.8. The average molecular weight is 399 g/mol. The summed E-state index contributed by atoms with van der Waals surface area (Å²) in [4.78, 5) is 20.7. The lowest BCUT2D eigenvalue weighted by molar-refractivity contribution is 0.102. The quantitative estimate of drug-likeness (QED) is 0.560. The van der Waals surface area contributed by atoms with Crippen molar-refractivity contribution >= 4 is 29.1 Å². The first-order valence-electron chi connectivity index (χ1n) is 8.55. The van der Waals surface area contributed by atoms with E-state index in [1.807, 2.05) is 24.3 Å². The first-order valence-corrected chi connectivity index (χ1v) is 8.92. The molecule has 0 spiro atoms. The lowest BCUT2D eigenvalue weighted by Gasteiger charge is -2.09. The number of hydrogen-bond acceptors (Lipinski definition) is 6. The highest BCUT2D eigenvalue weighted by atomic mass is 35.5. The van der Waals surface area contributed by atoms with Crippen molar-refractivity contribution in [2.75, 3.05) is 30.9 Å². The van der Waals surface area contributed by atoms with Crippen LogP contribution in [0.5, 0.6) is 11.5 Å². The molecule has 2 N–H and O–H groups in total. The van der Waals surface area contributed by atoms with E-state index in [-0.39, 0.29) is 11.6 Å². The summed E-state index contributed by atoms with van der Waals surface area (Å²) in [5, 5.41) is 6.32.